The van der Waals surface area contributed by atoms with Gasteiger partial charge >= 0.3 is 0 Å². The van der Waals surface area contributed by atoms with E-state index >= 15 is 0 Å². The number of rotatable bonds is 2. The standard InChI is InChI=1S/C9H8BrFN6/c10-4-1-2-6(5(11)3-4)14-15-7-8(12)16-17-9(7)13/h1-3H,(H5,12,13,16,17). The van der Waals surface area contributed by atoms with Gasteiger partial charge in [-0.25, -0.2) is 4.39 Å². The van der Waals surface area contributed by atoms with Gasteiger partial charge in [-0.05, 0) is 18.2 Å². The number of benzene rings is 1. The van der Waals surface area contributed by atoms with Gasteiger partial charge in [0, 0.05) is 4.47 Å². The molecular formula is C9H8BrFN6. The second kappa shape index (κ2) is 4.50. The minimum Gasteiger partial charge on any atom is -0.382 e. The van der Waals surface area contributed by atoms with E-state index in [-0.39, 0.29) is 23.0 Å². The normalized spacial score (nSPS) is 11.2. The molecule has 0 aliphatic carbocycles. The molecule has 0 amide bonds. The van der Waals surface area contributed by atoms with Crippen LogP contribution in [-0.2, 0) is 0 Å². The van der Waals surface area contributed by atoms with Crippen molar-refractivity contribution in [3.63, 3.8) is 0 Å². The largest absolute Gasteiger partial charge is 0.382 e. The Kier molecular flexibility index (Phi) is 3.05. The molecule has 0 bridgehead atoms. The summed E-state index contributed by atoms with van der Waals surface area (Å²) in [5.41, 5.74) is 11.3. The van der Waals surface area contributed by atoms with Crippen molar-refractivity contribution >= 4 is 38.9 Å². The molecule has 0 aliphatic rings. The van der Waals surface area contributed by atoms with Crippen LogP contribution in [0.5, 0.6) is 0 Å². The van der Waals surface area contributed by atoms with Crippen LogP contribution in [0.2, 0.25) is 0 Å². The number of nitrogens with two attached hydrogens (primary N) is 2. The molecule has 2 rings (SSSR count). The van der Waals surface area contributed by atoms with Crippen molar-refractivity contribution in [2.75, 3.05) is 11.5 Å². The highest BCUT2D eigenvalue weighted by Crippen LogP contribution is 2.29. The van der Waals surface area contributed by atoms with Crippen molar-refractivity contribution in [3.05, 3.63) is 28.5 Å². The zero-order valence-corrected chi connectivity index (χ0v) is 10.1. The van der Waals surface area contributed by atoms with E-state index in [1.807, 2.05) is 0 Å². The Balaban J connectivity index is 2.32. The Morgan fingerprint density at radius 1 is 1.29 bits per heavy atom. The molecule has 1 aromatic carbocycles. The van der Waals surface area contributed by atoms with E-state index in [0.29, 0.717) is 4.47 Å². The van der Waals surface area contributed by atoms with Crippen molar-refractivity contribution in [3.8, 4) is 0 Å². The average molecular weight is 299 g/mol. The van der Waals surface area contributed by atoms with Gasteiger partial charge in [-0.15, -0.1) is 10.2 Å². The van der Waals surface area contributed by atoms with E-state index in [1.165, 1.54) is 12.1 Å². The van der Waals surface area contributed by atoms with Crippen LogP contribution in [0.1, 0.15) is 0 Å². The van der Waals surface area contributed by atoms with Crippen LogP contribution in [-0.4, -0.2) is 10.2 Å². The zero-order valence-electron chi connectivity index (χ0n) is 8.48. The maximum atomic E-state index is 13.4. The fourth-order valence-corrected chi connectivity index (χ4v) is 1.47. The molecule has 0 aliphatic heterocycles. The molecule has 5 N–H and O–H groups in total. The third kappa shape index (κ3) is 2.41. The fourth-order valence-electron chi connectivity index (χ4n) is 1.14. The van der Waals surface area contributed by atoms with Crippen LogP contribution in [0.15, 0.2) is 32.9 Å². The molecule has 0 atom stereocenters. The Hall–Kier alpha value is -1.96. The SMILES string of the molecule is Nc1n[nH]c(N)c1N=Nc1ccc(Br)cc1F. The number of nitrogen functional groups attached to an aromatic ring is 2. The molecule has 2 aromatic rings. The third-order valence-electron chi connectivity index (χ3n) is 1.96. The first-order chi connectivity index (χ1) is 8.08. The van der Waals surface area contributed by atoms with E-state index in [1.54, 1.807) is 6.07 Å². The predicted octanol–water partition coefficient (Wildman–Crippen LogP) is 2.89. The van der Waals surface area contributed by atoms with Gasteiger partial charge in [-0.2, -0.15) is 5.10 Å². The number of nitrogens with one attached hydrogen (secondary N) is 1. The molecule has 0 fully saturated rings. The monoisotopic (exact) mass is 298 g/mol. The maximum absolute atomic E-state index is 13.4. The topological polar surface area (TPSA) is 105 Å². The quantitative estimate of drug-likeness (QED) is 0.742. The Labute approximate surface area is 104 Å². The van der Waals surface area contributed by atoms with Crippen LogP contribution in [0, 0.1) is 5.82 Å². The number of aromatic amines is 1. The van der Waals surface area contributed by atoms with Gasteiger partial charge in [-0.1, -0.05) is 15.9 Å². The predicted molar refractivity (Wildman–Crippen MR) is 65.7 cm³/mol. The van der Waals surface area contributed by atoms with E-state index in [4.69, 9.17) is 11.5 Å². The molecule has 17 heavy (non-hydrogen) atoms. The minimum absolute atomic E-state index is 0.0909. The summed E-state index contributed by atoms with van der Waals surface area (Å²) in [6, 6.07) is 4.42. The van der Waals surface area contributed by atoms with Gasteiger partial charge in [0.25, 0.3) is 0 Å². The van der Waals surface area contributed by atoms with Gasteiger partial charge < -0.3 is 11.5 Å². The first-order valence-corrected chi connectivity index (χ1v) is 5.33. The minimum atomic E-state index is -0.497. The summed E-state index contributed by atoms with van der Waals surface area (Å²) in [7, 11) is 0. The van der Waals surface area contributed by atoms with Crippen LogP contribution in [0.25, 0.3) is 0 Å². The summed E-state index contributed by atoms with van der Waals surface area (Å²) in [5.74, 6) is -0.198. The van der Waals surface area contributed by atoms with Gasteiger partial charge in [0.2, 0.25) is 0 Å². The van der Waals surface area contributed by atoms with Crippen molar-refractivity contribution in [2.24, 2.45) is 10.2 Å². The van der Waals surface area contributed by atoms with Gasteiger partial charge in [0.1, 0.15) is 11.5 Å². The van der Waals surface area contributed by atoms with Crippen LogP contribution in [0.4, 0.5) is 27.4 Å². The molecule has 1 aromatic heterocycles. The molecule has 88 valence electrons. The van der Waals surface area contributed by atoms with Crippen LogP contribution in [0.3, 0.4) is 0 Å². The van der Waals surface area contributed by atoms with Crippen molar-refractivity contribution in [2.45, 2.75) is 0 Å². The lowest BCUT2D eigenvalue weighted by Gasteiger charge is -1.96. The highest BCUT2D eigenvalue weighted by molar-refractivity contribution is 9.10. The summed E-state index contributed by atoms with van der Waals surface area (Å²) in [4.78, 5) is 0. The fraction of sp³-hybridized carbons (Fsp3) is 0. The number of aromatic nitrogens is 2. The number of hydrogen-bond donors (Lipinski definition) is 3. The number of H-pyrrole nitrogens is 1. The molecule has 0 saturated heterocycles. The number of halogens is 2. The van der Waals surface area contributed by atoms with Crippen LogP contribution < -0.4 is 11.5 Å². The number of azo groups is 1. The highest BCUT2D eigenvalue weighted by atomic mass is 79.9. The number of anilines is 2. The van der Waals surface area contributed by atoms with Crippen molar-refractivity contribution in [1.29, 1.82) is 0 Å². The van der Waals surface area contributed by atoms with Crippen molar-refractivity contribution < 1.29 is 4.39 Å². The first kappa shape index (κ1) is 11.5. The van der Waals surface area contributed by atoms with Crippen molar-refractivity contribution in [1.82, 2.24) is 10.2 Å². The molecule has 6 nitrogen and oxygen atoms in total. The molecular weight excluding hydrogens is 291 g/mol. The Morgan fingerprint density at radius 3 is 2.65 bits per heavy atom. The average Bonchev–Trinajstić information content (AvgIpc) is 2.58. The van der Waals surface area contributed by atoms with E-state index < -0.39 is 5.82 Å². The summed E-state index contributed by atoms with van der Waals surface area (Å²) < 4.78 is 14.0. The number of hydrogen-bond acceptors (Lipinski definition) is 5. The van der Waals surface area contributed by atoms with Gasteiger partial charge in [0.05, 0.1) is 0 Å². The second-order valence-corrected chi connectivity index (χ2v) is 4.08. The summed E-state index contributed by atoms with van der Waals surface area (Å²) >= 11 is 3.14. The third-order valence-corrected chi connectivity index (χ3v) is 2.46. The molecule has 0 spiro atoms. The lowest BCUT2D eigenvalue weighted by Crippen LogP contribution is -1.84. The highest BCUT2D eigenvalue weighted by Gasteiger charge is 2.07. The van der Waals surface area contributed by atoms with Gasteiger partial charge in [0.15, 0.2) is 17.3 Å². The number of nitrogens with zero attached hydrogens (tertiary/aromatic N) is 3. The molecule has 1 heterocycles. The lowest BCUT2D eigenvalue weighted by atomic mass is 10.3. The van der Waals surface area contributed by atoms with Gasteiger partial charge in [-0.3, -0.25) is 5.10 Å². The smallest absolute Gasteiger partial charge is 0.175 e. The summed E-state index contributed by atoms with van der Waals surface area (Å²) in [6.07, 6.45) is 0. The molecule has 8 heteroatoms. The summed E-state index contributed by atoms with van der Waals surface area (Å²) in [5, 5.41) is 13.6. The maximum Gasteiger partial charge on any atom is 0.175 e. The first-order valence-electron chi connectivity index (χ1n) is 4.54. The van der Waals surface area contributed by atoms with E-state index in [9.17, 15) is 4.39 Å². The Morgan fingerprint density at radius 2 is 2.06 bits per heavy atom. The van der Waals surface area contributed by atoms with E-state index in [0.717, 1.165) is 0 Å². The zero-order chi connectivity index (χ0) is 12.4. The van der Waals surface area contributed by atoms with E-state index in [2.05, 4.69) is 36.4 Å². The summed E-state index contributed by atoms with van der Waals surface area (Å²) in [6.45, 7) is 0. The van der Waals surface area contributed by atoms with Crippen LogP contribution >= 0.6 is 15.9 Å². The molecule has 0 radical (unpaired) electrons. The second-order valence-electron chi connectivity index (χ2n) is 3.17. The molecule has 0 unspecified atom stereocenters. The lowest BCUT2D eigenvalue weighted by molar-refractivity contribution is 0.627. The Bertz CT molecular complexity index is 559. The molecule has 0 saturated carbocycles.